The maximum absolute atomic E-state index is 13.0. The summed E-state index contributed by atoms with van der Waals surface area (Å²) in [6.45, 7) is 8.40. The van der Waals surface area contributed by atoms with Crippen molar-refractivity contribution in [3.63, 3.8) is 0 Å². The van der Waals surface area contributed by atoms with Gasteiger partial charge in [0, 0.05) is 23.7 Å². The lowest BCUT2D eigenvalue weighted by atomic mass is 9.88. The molecule has 10 nitrogen and oxygen atoms in total. The van der Waals surface area contributed by atoms with Crippen LogP contribution in [0.25, 0.3) is 0 Å². The number of aliphatic hydroxyl groups excluding tert-OH is 1. The number of hydrogen-bond acceptors (Lipinski definition) is 8. The average Bonchev–Trinajstić information content (AvgIpc) is 2.92. The summed E-state index contributed by atoms with van der Waals surface area (Å²) < 4.78 is 11.2. The first-order chi connectivity index (χ1) is 19.3. The molecule has 3 heterocycles. The standard InChI is InChI=1S/C31H45N3O7/c1-22(26-11-6-7-16-32-26)9-8-10-23(2)29-24(3)12-13-27(31(4,38)15-14-25(35)21-28(36)41-29)40-30(37)33-17-19-34(5,39)20-18-33/h6-13,16,22,24-25,27,29,35,38H,14-15,17-21H2,1-5H3/b9-8+,13-12-,23-10+/t22-,24-,25-,27-,29+,31-/m0/s1. The minimum absolute atomic E-state index is 0.0884. The Kier molecular flexibility index (Phi) is 11.3. The lowest BCUT2D eigenvalue weighted by Gasteiger charge is -2.45. The van der Waals surface area contributed by atoms with Crippen LogP contribution in [0.2, 0.25) is 0 Å². The Bertz CT molecular complexity index is 1110. The minimum Gasteiger partial charge on any atom is -0.633 e. The molecule has 1 aromatic rings. The number of amides is 1. The van der Waals surface area contributed by atoms with Crippen LogP contribution in [0.5, 0.6) is 0 Å². The summed E-state index contributed by atoms with van der Waals surface area (Å²) in [4.78, 5) is 31.6. The van der Waals surface area contributed by atoms with Crippen LogP contribution in [0, 0.1) is 11.1 Å². The number of allylic oxidation sites excluding steroid dienone is 3. The number of carbonyl (C=O) groups is 2. The smallest absolute Gasteiger partial charge is 0.410 e. The fourth-order valence-electron chi connectivity index (χ4n) is 4.92. The van der Waals surface area contributed by atoms with Gasteiger partial charge in [-0.05, 0) is 50.5 Å². The highest BCUT2D eigenvalue weighted by Gasteiger charge is 2.37. The van der Waals surface area contributed by atoms with E-state index in [9.17, 15) is 25.0 Å². The van der Waals surface area contributed by atoms with E-state index in [0.29, 0.717) is 0 Å². The topological polar surface area (TPSA) is 132 Å². The SMILES string of the molecule is C/C(=C\C=C\[C@H](C)c1ccccn1)[C@H]1OC(=O)C[C@@H](O)CC[C@](C)(O)[C@@H](OC(=O)N2CC[N+](C)([O-])CC2)/C=C\[C@@H]1C. The van der Waals surface area contributed by atoms with E-state index in [1.165, 1.54) is 4.90 Å². The van der Waals surface area contributed by atoms with Gasteiger partial charge < -0.3 is 29.5 Å². The van der Waals surface area contributed by atoms with Crippen LogP contribution in [-0.4, -0.2) is 93.9 Å². The third kappa shape index (κ3) is 9.78. The average molecular weight is 572 g/mol. The van der Waals surface area contributed by atoms with Gasteiger partial charge in [-0.3, -0.25) is 14.7 Å². The molecule has 0 bridgehead atoms. The highest BCUT2D eigenvalue weighted by Crippen LogP contribution is 2.27. The molecular weight excluding hydrogens is 526 g/mol. The van der Waals surface area contributed by atoms with E-state index in [4.69, 9.17) is 9.47 Å². The molecule has 2 aliphatic rings. The summed E-state index contributed by atoms with van der Waals surface area (Å²) >= 11 is 0. The number of ether oxygens (including phenoxy) is 2. The first-order valence-electron chi connectivity index (χ1n) is 14.3. The molecule has 0 aromatic carbocycles. The molecule has 0 unspecified atom stereocenters. The fourth-order valence-corrected chi connectivity index (χ4v) is 4.92. The van der Waals surface area contributed by atoms with Crippen LogP contribution in [0.3, 0.4) is 0 Å². The van der Waals surface area contributed by atoms with Crippen LogP contribution in [-0.2, 0) is 14.3 Å². The Morgan fingerprint density at radius 1 is 1.32 bits per heavy atom. The van der Waals surface area contributed by atoms with Crippen LogP contribution in [0.15, 0.2) is 60.3 Å². The van der Waals surface area contributed by atoms with Crippen molar-refractivity contribution in [2.45, 2.75) is 76.8 Å². The van der Waals surface area contributed by atoms with Gasteiger partial charge >= 0.3 is 12.1 Å². The zero-order valence-electron chi connectivity index (χ0n) is 24.8. The lowest BCUT2D eigenvalue weighted by molar-refractivity contribution is -0.864. The molecule has 1 fully saturated rings. The zero-order chi connectivity index (χ0) is 30.2. The molecule has 3 rings (SSSR count). The van der Waals surface area contributed by atoms with Gasteiger partial charge in [-0.25, -0.2) is 4.79 Å². The number of aliphatic hydroxyl groups is 2. The predicted octanol–water partition coefficient (Wildman–Crippen LogP) is 3.85. The largest absolute Gasteiger partial charge is 0.633 e. The fraction of sp³-hybridized carbons (Fsp3) is 0.581. The normalized spacial score (nSPS) is 31.5. The van der Waals surface area contributed by atoms with E-state index in [2.05, 4.69) is 4.98 Å². The van der Waals surface area contributed by atoms with Crippen LogP contribution in [0.1, 0.15) is 58.6 Å². The van der Waals surface area contributed by atoms with Gasteiger partial charge in [-0.15, -0.1) is 0 Å². The quantitative estimate of drug-likeness (QED) is 0.179. The molecule has 1 amide bonds. The second-order valence-electron chi connectivity index (χ2n) is 11.8. The summed E-state index contributed by atoms with van der Waals surface area (Å²) in [6.07, 6.45) is 7.66. The second kappa shape index (κ2) is 14.2. The summed E-state index contributed by atoms with van der Waals surface area (Å²) in [5, 5.41) is 34.0. The van der Waals surface area contributed by atoms with Crippen LogP contribution < -0.4 is 0 Å². The second-order valence-corrected chi connectivity index (χ2v) is 11.8. The van der Waals surface area contributed by atoms with Crippen molar-refractivity contribution < 1.29 is 33.9 Å². The Morgan fingerprint density at radius 2 is 2.02 bits per heavy atom. The van der Waals surface area contributed by atoms with E-state index < -0.39 is 40.6 Å². The van der Waals surface area contributed by atoms with E-state index in [-0.39, 0.29) is 57.3 Å². The van der Waals surface area contributed by atoms with Crippen molar-refractivity contribution in [1.82, 2.24) is 9.88 Å². The number of carbonyl (C=O) groups excluding carboxylic acids is 2. The Morgan fingerprint density at radius 3 is 2.68 bits per heavy atom. The van der Waals surface area contributed by atoms with Crippen molar-refractivity contribution in [3.05, 3.63) is 71.3 Å². The molecule has 41 heavy (non-hydrogen) atoms. The number of esters is 1. The van der Waals surface area contributed by atoms with Gasteiger partial charge in [0.2, 0.25) is 0 Å². The van der Waals surface area contributed by atoms with Gasteiger partial charge in [-0.1, -0.05) is 44.2 Å². The minimum atomic E-state index is -1.50. The number of hydrogen-bond donors (Lipinski definition) is 2. The Labute approximate surface area is 243 Å². The molecule has 2 N–H and O–H groups in total. The maximum atomic E-state index is 13.0. The van der Waals surface area contributed by atoms with Gasteiger partial charge in [0.05, 0.1) is 45.8 Å². The van der Waals surface area contributed by atoms with Crippen molar-refractivity contribution in [1.29, 1.82) is 0 Å². The molecule has 226 valence electrons. The molecule has 0 radical (unpaired) electrons. The van der Waals surface area contributed by atoms with Crippen molar-refractivity contribution >= 4 is 12.1 Å². The lowest BCUT2D eigenvalue weighted by Crippen LogP contribution is -2.56. The number of rotatable bonds is 5. The van der Waals surface area contributed by atoms with Crippen molar-refractivity contribution in [3.8, 4) is 0 Å². The number of aromatic nitrogens is 1. The molecule has 0 saturated carbocycles. The predicted molar refractivity (Wildman–Crippen MR) is 155 cm³/mol. The maximum Gasteiger partial charge on any atom is 0.410 e. The van der Waals surface area contributed by atoms with E-state index in [1.54, 1.807) is 32.3 Å². The molecule has 0 aliphatic carbocycles. The van der Waals surface area contributed by atoms with Gasteiger partial charge in [0.1, 0.15) is 11.7 Å². The summed E-state index contributed by atoms with van der Waals surface area (Å²) in [5.74, 6) is -0.775. The third-order valence-corrected chi connectivity index (χ3v) is 7.86. The summed E-state index contributed by atoms with van der Waals surface area (Å²) in [7, 11) is 1.58. The van der Waals surface area contributed by atoms with E-state index in [0.717, 1.165) is 11.3 Å². The van der Waals surface area contributed by atoms with Gasteiger partial charge in [0.25, 0.3) is 0 Å². The molecule has 1 aromatic heterocycles. The summed E-state index contributed by atoms with van der Waals surface area (Å²) in [6, 6.07) is 5.77. The van der Waals surface area contributed by atoms with Gasteiger partial charge in [0.15, 0.2) is 6.10 Å². The Balaban J connectivity index is 1.81. The van der Waals surface area contributed by atoms with Gasteiger partial charge in [-0.2, -0.15) is 0 Å². The number of likely N-dealkylation sites (N-methyl/N-ethyl adjacent to an activating group) is 1. The number of hydroxylamine groups is 3. The third-order valence-electron chi connectivity index (χ3n) is 7.86. The van der Waals surface area contributed by atoms with E-state index in [1.807, 2.05) is 57.2 Å². The molecule has 0 spiro atoms. The first-order valence-corrected chi connectivity index (χ1v) is 14.3. The molecule has 10 heteroatoms. The number of cyclic esters (lactones) is 1. The molecule has 1 saturated heterocycles. The summed E-state index contributed by atoms with van der Waals surface area (Å²) in [5.41, 5.74) is 0.231. The first kappa shape index (κ1) is 32.5. The molecule has 6 atom stereocenters. The number of quaternary nitrogens is 1. The molecule has 2 aliphatic heterocycles. The van der Waals surface area contributed by atoms with Crippen molar-refractivity contribution in [2.75, 3.05) is 33.2 Å². The van der Waals surface area contributed by atoms with E-state index >= 15 is 0 Å². The molecular formula is C31H45N3O7. The van der Waals surface area contributed by atoms with Crippen molar-refractivity contribution in [2.24, 2.45) is 5.92 Å². The number of pyridine rings is 1. The Hall–Kier alpha value is -3.05. The monoisotopic (exact) mass is 571 g/mol. The number of nitrogens with zero attached hydrogens (tertiary/aromatic N) is 3. The van der Waals surface area contributed by atoms with Crippen LogP contribution >= 0.6 is 0 Å². The number of piperazine rings is 1. The highest BCUT2D eigenvalue weighted by atomic mass is 16.6. The van der Waals surface area contributed by atoms with Crippen LogP contribution in [0.4, 0.5) is 4.79 Å². The zero-order valence-corrected chi connectivity index (χ0v) is 24.8. The highest BCUT2D eigenvalue weighted by molar-refractivity contribution is 5.70.